The van der Waals surface area contributed by atoms with E-state index in [0.29, 0.717) is 0 Å². The summed E-state index contributed by atoms with van der Waals surface area (Å²) >= 11 is 7.46. The van der Waals surface area contributed by atoms with Gasteiger partial charge in [-0.25, -0.2) is 0 Å². The summed E-state index contributed by atoms with van der Waals surface area (Å²) in [6.45, 7) is 3.78. The zero-order valence-corrected chi connectivity index (χ0v) is 7.30. The summed E-state index contributed by atoms with van der Waals surface area (Å²) in [5.41, 5.74) is 0.897. The quantitative estimate of drug-likeness (QED) is 0.585. The third kappa shape index (κ3) is 1.68. The van der Waals surface area contributed by atoms with Crippen LogP contribution in [0.2, 0.25) is 5.02 Å². The van der Waals surface area contributed by atoms with E-state index in [4.69, 9.17) is 11.6 Å². The second-order valence-corrected chi connectivity index (χ2v) is 3.24. The third-order valence-electron chi connectivity index (χ3n) is 1.25. The van der Waals surface area contributed by atoms with Crippen molar-refractivity contribution in [2.45, 2.75) is 4.90 Å². The summed E-state index contributed by atoms with van der Waals surface area (Å²) in [6.07, 6.45) is 2.03. The molecule has 0 fully saturated rings. The monoisotopic (exact) mass is 171 g/mol. The minimum Gasteiger partial charge on any atom is -0.130 e. The van der Waals surface area contributed by atoms with E-state index in [9.17, 15) is 0 Å². The molecule has 0 saturated heterocycles. The molecular formula is C8H8ClS. The van der Waals surface area contributed by atoms with Crippen LogP contribution >= 0.6 is 23.4 Å². The SMILES string of the molecule is [CH2]c1cc(SC)ccc1Cl. The van der Waals surface area contributed by atoms with Crippen LogP contribution in [0.4, 0.5) is 0 Å². The highest BCUT2D eigenvalue weighted by Gasteiger charge is 1.94. The van der Waals surface area contributed by atoms with Gasteiger partial charge < -0.3 is 0 Å². The average Bonchev–Trinajstić information content (AvgIpc) is 1.95. The Morgan fingerprint density at radius 1 is 1.50 bits per heavy atom. The van der Waals surface area contributed by atoms with Crippen LogP contribution in [-0.2, 0) is 0 Å². The van der Waals surface area contributed by atoms with Gasteiger partial charge in [0.2, 0.25) is 0 Å². The molecule has 0 aliphatic rings. The van der Waals surface area contributed by atoms with Gasteiger partial charge in [-0.3, -0.25) is 0 Å². The molecule has 0 N–H and O–H groups in total. The maximum Gasteiger partial charge on any atom is 0.0438 e. The van der Waals surface area contributed by atoms with Crippen molar-refractivity contribution in [1.82, 2.24) is 0 Å². The molecule has 0 bridgehead atoms. The van der Waals surface area contributed by atoms with Gasteiger partial charge in [0, 0.05) is 9.92 Å². The van der Waals surface area contributed by atoms with E-state index < -0.39 is 0 Å². The van der Waals surface area contributed by atoms with E-state index in [0.717, 1.165) is 10.6 Å². The zero-order valence-electron chi connectivity index (χ0n) is 5.73. The maximum absolute atomic E-state index is 5.77. The van der Waals surface area contributed by atoms with Crippen molar-refractivity contribution >= 4 is 23.4 Å². The largest absolute Gasteiger partial charge is 0.130 e. The van der Waals surface area contributed by atoms with E-state index >= 15 is 0 Å². The first-order valence-corrected chi connectivity index (χ1v) is 4.50. The lowest BCUT2D eigenvalue weighted by molar-refractivity contribution is 1.43. The molecule has 1 rings (SSSR count). The Morgan fingerprint density at radius 3 is 2.70 bits per heavy atom. The fraction of sp³-hybridized carbons (Fsp3) is 0.125. The fourth-order valence-corrected chi connectivity index (χ4v) is 1.26. The second-order valence-electron chi connectivity index (χ2n) is 1.96. The van der Waals surface area contributed by atoms with Gasteiger partial charge in [0.05, 0.1) is 0 Å². The Hall–Kier alpha value is -0.140. The van der Waals surface area contributed by atoms with E-state index in [-0.39, 0.29) is 0 Å². The fourth-order valence-electron chi connectivity index (χ4n) is 0.678. The van der Waals surface area contributed by atoms with Crippen LogP contribution in [0.15, 0.2) is 23.1 Å². The smallest absolute Gasteiger partial charge is 0.0438 e. The molecule has 10 heavy (non-hydrogen) atoms. The minimum atomic E-state index is 0.734. The van der Waals surface area contributed by atoms with Crippen LogP contribution in [0, 0.1) is 6.92 Å². The van der Waals surface area contributed by atoms with Gasteiger partial charge in [0.25, 0.3) is 0 Å². The molecule has 2 heteroatoms. The van der Waals surface area contributed by atoms with Crippen molar-refractivity contribution < 1.29 is 0 Å². The molecule has 0 aliphatic carbocycles. The molecule has 0 atom stereocenters. The van der Waals surface area contributed by atoms with Crippen molar-refractivity contribution in [3.63, 3.8) is 0 Å². The zero-order chi connectivity index (χ0) is 7.56. The Labute approximate surface area is 70.6 Å². The van der Waals surface area contributed by atoms with Gasteiger partial charge in [0.15, 0.2) is 0 Å². The minimum absolute atomic E-state index is 0.734. The third-order valence-corrected chi connectivity index (χ3v) is 2.35. The van der Waals surface area contributed by atoms with Crippen molar-refractivity contribution in [2.24, 2.45) is 0 Å². The van der Waals surface area contributed by atoms with Crippen LogP contribution in [0.3, 0.4) is 0 Å². The van der Waals surface area contributed by atoms with Crippen molar-refractivity contribution in [3.05, 3.63) is 35.7 Å². The number of halogens is 1. The molecule has 0 spiro atoms. The Kier molecular flexibility index (Phi) is 2.64. The highest BCUT2D eigenvalue weighted by Crippen LogP contribution is 2.21. The lowest BCUT2D eigenvalue weighted by atomic mass is 10.2. The van der Waals surface area contributed by atoms with Crippen LogP contribution in [0.5, 0.6) is 0 Å². The first-order valence-electron chi connectivity index (χ1n) is 2.89. The number of hydrogen-bond donors (Lipinski definition) is 0. The molecule has 0 saturated carbocycles. The first kappa shape index (κ1) is 7.96. The highest BCUT2D eigenvalue weighted by atomic mass is 35.5. The van der Waals surface area contributed by atoms with E-state index in [2.05, 4.69) is 6.92 Å². The Balaban J connectivity index is 3.04. The number of thioether (sulfide) groups is 1. The Bertz CT molecular complexity index is 233. The molecule has 53 valence electrons. The predicted octanol–water partition coefficient (Wildman–Crippen LogP) is 3.24. The summed E-state index contributed by atoms with van der Waals surface area (Å²) < 4.78 is 0. The normalized spacial score (nSPS) is 9.90. The molecule has 0 unspecified atom stereocenters. The lowest BCUT2D eigenvalue weighted by Crippen LogP contribution is -1.75. The van der Waals surface area contributed by atoms with Crippen LogP contribution in [-0.4, -0.2) is 6.26 Å². The molecule has 0 aliphatic heterocycles. The van der Waals surface area contributed by atoms with Gasteiger partial charge in [-0.1, -0.05) is 11.6 Å². The number of hydrogen-bond acceptors (Lipinski definition) is 1. The van der Waals surface area contributed by atoms with Gasteiger partial charge in [-0.05, 0) is 36.9 Å². The average molecular weight is 172 g/mol. The van der Waals surface area contributed by atoms with Gasteiger partial charge in [-0.15, -0.1) is 11.8 Å². The van der Waals surface area contributed by atoms with E-state index in [1.807, 2.05) is 24.5 Å². The molecule has 1 radical (unpaired) electrons. The Morgan fingerprint density at radius 2 is 2.20 bits per heavy atom. The van der Waals surface area contributed by atoms with Crippen molar-refractivity contribution in [3.8, 4) is 0 Å². The standard InChI is InChI=1S/C8H8ClS/c1-6-5-7(10-2)3-4-8(6)9/h3-5H,1H2,2H3. The molecule has 1 aromatic rings. The first-order chi connectivity index (χ1) is 4.74. The second kappa shape index (κ2) is 3.31. The van der Waals surface area contributed by atoms with Gasteiger partial charge in [-0.2, -0.15) is 0 Å². The highest BCUT2D eigenvalue weighted by molar-refractivity contribution is 7.98. The van der Waals surface area contributed by atoms with E-state index in [1.165, 1.54) is 4.90 Å². The van der Waals surface area contributed by atoms with Gasteiger partial charge >= 0.3 is 0 Å². The number of benzene rings is 1. The summed E-state index contributed by atoms with van der Waals surface area (Å²) in [7, 11) is 0. The molecule has 0 aromatic heterocycles. The van der Waals surface area contributed by atoms with Gasteiger partial charge in [0.1, 0.15) is 0 Å². The lowest BCUT2D eigenvalue weighted by Gasteiger charge is -1.98. The molecule has 1 aromatic carbocycles. The van der Waals surface area contributed by atoms with E-state index in [1.54, 1.807) is 11.8 Å². The molecule has 0 nitrogen and oxygen atoms in total. The van der Waals surface area contributed by atoms with Crippen LogP contribution < -0.4 is 0 Å². The summed E-state index contributed by atoms with van der Waals surface area (Å²) in [5.74, 6) is 0. The predicted molar refractivity (Wildman–Crippen MR) is 47.7 cm³/mol. The summed E-state index contributed by atoms with van der Waals surface area (Å²) in [6, 6.07) is 5.84. The summed E-state index contributed by atoms with van der Waals surface area (Å²) in [4.78, 5) is 1.20. The van der Waals surface area contributed by atoms with Crippen molar-refractivity contribution in [1.29, 1.82) is 0 Å². The van der Waals surface area contributed by atoms with Crippen molar-refractivity contribution in [2.75, 3.05) is 6.26 Å². The molecular weight excluding hydrogens is 164 g/mol. The molecule has 0 amide bonds. The van der Waals surface area contributed by atoms with Crippen LogP contribution in [0.25, 0.3) is 0 Å². The maximum atomic E-state index is 5.77. The molecule has 0 heterocycles. The number of rotatable bonds is 1. The summed E-state index contributed by atoms with van der Waals surface area (Å²) in [5, 5.41) is 0.734. The van der Waals surface area contributed by atoms with Crippen LogP contribution in [0.1, 0.15) is 5.56 Å². The topological polar surface area (TPSA) is 0 Å².